The third kappa shape index (κ3) is 6.30. The molecular weight excluding hydrogens is 410 g/mol. The minimum atomic E-state index is -0.925. The van der Waals surface area contributed by atoms with Crippen molar-refractivity contribution in [1.29, 1.82) is 0 Å². The second-order valence-electron chi connectivity index (χ2n) is 6.81. The molecule has 32 heavy (non-hydrogen) atoms. The van der Waals surface area contributed by atoms with Gasteiger partial charge in [0.05, 0.1) is 17.7 Å². The summed E-state index contributed by atoms with van der Waals surface area (Å²) < 4.78 is 0. The number of carboxylic acid groups (broad SMARTS) is 1. The fraction of sp³-hybridized carbons (Fsp3) is 0.130. The van der Waals surface area contributed by atoms with Crippen LogP contribution in [0, 0.1) is 0 Å². The number of aliphatic carboxylic acids is 1. The number of urea groups is 1. The maximum Gasteiger partial charge on any atom is 0.320 e. The Hall–Kier alpha value is -4.40. The molecule has 1 heterocycles. The van der Waals surface area contributed by atoms with E-state index < -0.39 is 17.9 Å². The number of nitrogens with one attached hydrogen (secondary N) is 4. The zero-order valence-electron chi connectivity index (χ0n) is 17.4. The molecule has 0 bridgehead atoms. The van der Waals surface area contributed by atoms with Crippen molar-refractivity contribution in [3.63, 3.8) is 0 Å². The summed E-state index contributed by atoms with van der Waals surface area (Å²) in [6.45, 7) is 2.27. The van der Waals surface area contributed by atoms with Crippen molar-refractivity contribution in [1.82, 2.24) is 10.3 Å². The van der Waals surface area contributed by atoms with Crippen LogP contribution in [0.4, 0.5) is 27.7 Å². The van der Waals surface area contributed by atoms with E-state index >= 15 is 0 Å². The first-order chi connectivity index (χ1) is 15.4. The van der Waals surface area contributed by atoms with E-state index in [1.807, 2.05) is 30.3 Å². The molecule has 3 rings (SSSR count). The van der Waals surface area contributed by atoms with Crippen LogP contribution >= 0.6 is 0 Å². The Morgan fingerprint density at radius 2 is 1.66 bits per heavy atom. The standard InChI is InChI=1S/C23H23N5O4/c1-2-24-23(32)28-20-13-19(26-16-6-4-3-5-7-16)18(14-25-20)22(31)27-17-10-8-15(9-11-17)12-21(29)30/h3-11,13-14H,2,12H2,1H3,(H,27,31)(H,29,30)(H3,24,25,26,28,32). The lowest BCUT2D eigenvalue weighted by atomic mass is 10.1. The van der Waals surface area contributed by atoms with Gasteiger partial charge in [-0.05, 0) is 36.8 Å². The van der Waals surface area contributed by atoms with Crippen LogP contribution in [0.5, 0.6) is 0 Å². The van der Waals surface area contributed by atoms with Gasteiger partial charge < -0.3 is 21.1 Å². The fourth-order valence-electron chi connectivity index (χ4n) is 2.89. The molecule has 0 aliphatic carbocycles. The van der Waals surface area contributed by atoms with Gasteiger partial charge in [0.15, 0.2) is 0 Å². The Morgan fingerprint density at radius 3 is 2.31 bits per heavy atom. The molecule has 2 aromatic carbocycles. The molecule has 0 aliphatic rings. The van der Waals surface area contributed by atoms with E-state index in [-0.39, 0.29) is 17.8 Å². The van der Waals surface area contributed by atoms with Crippen molar-refractivity contribution in [3.05, 3.63) is 78.0 Å². The van der Waals surface area contributed by atoms with Crippen molar-refractivity contribution in [2.45, 2.75) is 13.3 Å². The summed E-state index contributed by atoms with van der Waals surface area (Å²) >= 11 is 0. The number of nitrogens with zero attached hydrogens (tertiary/aromatic N) is 1. The van der Waals surface area contributed by atoms with E-state index in [4.69, 9.17) is 5.11 Å². The summed E-state index contributed by atoms with van der Waals surface area (Å²) in [5, 5.41) is 20.1. The van der Waals surface area contributed by atoms with Gasteiger partial charge in [0.2, 0.25) is 0 Å². The monoisotopic (exact) mass is 433 g/mol. The third-order valence-corrected chi connectivity index (χ3v) is 4.35. The number of hydrogen-bond acceptors (Lipinski definition) is 5. The van der Waals surface area contributed by atoms with Gasteiger partial charge >= 0.3 is 12.0 Å². The Bertz CT molecular complexity index is 1100. The molecule has 0 saturated heterocycles. The molecule has 1 aromatic heterocycles. The van der Waals surface area contributed by atoms with E-state index in [0.29, 0.717) is 23.5 Å². The molecule has 3 aromatic rings. The van der Waals surface area contributed by atoms with Gasteiger partial charge in [-0.1, -0.05) is 30.3 Å². The number of rotatable bonds is 8. The van der Waals surface area contributed by atoms with E-state index in [1.165, 1.54) is 6.20 Å². The van der Waals surface area contributed by atoms with Crippen LogP contribution < -0.4 is 21.3 Å². The van der Waals surface area contributed by atoms with Gasteiger partial charge in [-0.15, -0.1) is 0 Å². The van der Waals surface area contributed by atoms with Gasteiger partial charge in [-0.2, -0.15) is 0 Å². The molecule has 0 spiro atoms. The number of benzene rings is 2. The highest BCUT2D eigenvalue weighted by Crippen LogP contribution is 2.24. The Kier molecular flexibility index (Phi) is 7.37. The SMILES string of the molecule is CCNC(=O)Nc1cc(Nc2ccccc2)c(C(=O)Nc2ccc(CC(=O)O)cc2)cn1. The lowest BCUT2D eigenvalue weighted by Crippen LogP contribution is -2.28. The molecule has 0 radical (unpaired) electrons. The van der Waals surface area contributed by atoms with Crippen LogP contribution in [-0.4, -0.2) is 34.5 Å². The Labute approximate surface area is 184 Å². The second-order valence-corrected chi connectivity index (χ2v) is 6.81. The minimum absolute atomic E-state index is 0.0939. The van der Waals surface area contributed by atoms with Crippen molar-refractivity contribution in [3.8, 4) is 0 Å². The molecule has 5 N–H and O–H groups in total. The molecule has 0 atom stereocenters. The van der Waals surface area contributed by atoms with Gasteiger partial charge in [0.25, 0.3) is 5.91 Å². The number of carbonyl (C=O) groups excluding carboxylic acids is 2. The first-order valence-electron chi connectivity index (χ1n) is 9.93. The lowest BCUT2D eigenvalue weighted by Gasteiger charge is -2.14. The average Bonchev–Trinajstić information content (AvgIpc) is 2.76. The van der Waals surface area contributed by atoms with Crippen LogP contribution in [0.2, 0.25) is 0 Å². The summed E-state index contributed by atoms with van der Waals surface area (Å²) in [6, 6.07) is 17.0. The van der Waals surface area contributed by atoms with Gasteiger partial charge in [-0.3, -0.25) is 14.9 Å². The third-order valence-electron chi connectivity index (χ3n) is 4.35. The normalized spacial score (nSPS) is 10.2. The molecule has 0 fully saturated rings. The second kappa shape index (κ2) is 10.6. The summed E-state index contributed by atoms with van der Waals surface area (Å²) in [6.07, 6.45) is 1.28. The van der Waals surface area contributed by atoms with Crippen molar-refractivity contribution in [2.75, 3.05) is 22.5 Å². The highest BCUT2D eigenvalue weighted by Gasteiger charge is 2.15. The quantitative estimate of drug-likeness (QED) is 0.367. The number of anilines is 4. The van der Waals surface area contributed by atoms with E-state index in [9.17, 15) is 14.4 Å². The zero-order valence-corrected chi connectivity index (χ0v) is 17.4. The van der Waals surface area contributed by atoms with Crippen molar-refractivity contribution >= 4 is 40.8 Å². The Balaban J connectivity index is 1.83. The number of para-hydroxylation sites is 1. The van der Waals surface area contributed by atoms with Gasteiger partial charge in [0, 0.05) is 30.2 Å². The number of hydrogen-bond donors (Lipinski definition) is 5. The smallest absolute Gasteiger partial charge is 0.320 e. The topological polar surface area (TPSA) is 132 Å². The largest absolute Gasteiger partial charge is 0.481 e. The molecule has 0 unspecified atom stereocenters. The number of carboxylic acids is 1. The number of aromatic nitrogens is 1. The van der Waals surface area contributed by atoms with Crippen molar-refractivity contribution < 1.29 is 19.5 Å². The minimum Gasteiger partial charge on any atom is -0.481 e. The van der Waals surface area contributed by atoms with Gasteiger partial charge in [-0.25, -0.2) is 9.78 Å². The highest BCUT2D eigenvalue weighted by atomic mass is 16.4. The molecular formula is C23H23N5O4. The van der Waals surface area contributed by atoms with Crippen LogP contribution in [0.3, 0.4) is 0 Å². The molecule has 0 aliphatic heterocycles. The highest BCUT2D eigenvalue weighted by molar-refractivity contribution is 6.08. The summed E-state index contributed by atoms with van der Waals surface area (Å²) in [5.41, 5.74) is 2.63. The first kappa shape index (κ1) is 22.3. The zero-order chi connectivity index (χ0) is 22.9. The van der Waals surface area contributed by atoms with E-state index in [0.717, 1.165) is 5.69 Å². The fourth-order valence-corrected chi connectivity index (χ4v) is 2.89. The van der Waals surface area contributed by atoms with E-state index in [1.54, 1.807) is 37.3 Å². The van der Waals surface area contributed by atoms with Crippen LogP contribution in [0.15, 0.2) is 66.9 Å². The predicted octanol–water partition coefficient (Wildman–Crippen LogP) is 3.85. The molecule has 3 amide bonds. The predicted molar refractivity (Wildman–Crippen MR) is 122 cm³/mol. The molecule has 164 valence electrons. The van der Waals surface area contributed by atoms with Crippen LogP contribution in [0.25, 0.3) is 0 Å². The molecule has 9 nitrogen and oxygen atoms in total. The average molecular weight is 433 g/mol. The number of pyridine rings is 1. The number of carbonyl (C=O) groups is 3. The lowest BCUT2D eigenvalue weighted by molar-refractivity contribution is -0.136. The van der Waals surface area contributed by atoms with E-state index in [2.05, 4.69) is 26.3 Å². The van der Waals surface area contributed by atoms with Gasteiger partial charge in [0.1, 0.15) is 5.82 Å². The number of amides is 3. The summed E-state index contributed by atoms with van der Waals surface area (Å²) in [5.74, 6) is -1.05. The van der Waals surface area contributed by atoms with Crippen LogP contribution in [0.1, 0.15) is 22.8 Å². The molecule has 0 saturated carbocycles. The summed E-state index contributed by atoms with van der Waals surface area (Å²) in [4.78, 5) is 39.8. The molecule has 9 heteroatoms. The first-order valence-corrected chi connectivity index (χ1v) is 9.93. The maximum atomic E-state index is 12.9. The van der Waals surface area contributed by atoms with Crippen molar-refractivity contribution in [2.24, 2.45) is 0 Å². The van der Waals surface area contributed by atoms with Crippen LogP contribution in [-0.2, 0) is 11.2 Å². The Morgan fingerprint density at radius 1 is 0.938 bits per heavy atom. The summed E-state index contributed by atoms with van der Waals surface area (Å²) in [7, 11) is 0. The maximum absolute atomic E-state index is 12.9.